The Labute approximate surface area is 103 Å². The van der Waals surface area contributed by atoms with Gasteiger partial charge < -0.3 is 10.5 Å². The SMILES string of the molecule is Nc1ccc(C(=O)C2CCCOC2)cc1Br. The summed E-state index contributed by atoms with van der Waals surface area (Å²) in [6.45, 7) is 1.32. The maximum Gasteiger partial charge on any atom is 0.168 e. The van der Waals surface area contributed by atoms with Crippen molar-refractivity contribution in [2.45, 2.75) is 12.8 Å². The number of ketones is 1. The number of benzene rings is 1. The van der Waals surface area contributed by atoms with Gasteiger partial charge in [0, 0.05) is 28.2 Å². The summed E-state index contributed by atoms with van der Waals surface area (Å²) in [5.41, 5.74) is 7.04. The molecule has 0 saturated carbocycles. The molecule has 1 aromatic rings. The molecule has 1 aromatic carbocycles. The topological polar surface area (TPSA) is 52.3 Å². The maximum absolute atomic E-state index is 12.1. The molecule has 86 valence electrons. The Bertz CT molecular complexity index is 400. The van der Waals surface area contributed by atoms with Crippen LogP contribution in [0.1, 0.15) is 23.2 Å². The summed E-state index contributed by atoms with van der Waals surface area (Å²) >= 11 is 3.33. The average Bonchev–Trinajstić information content (AvgIpc) is 2.33. The van der Waals surface area contributed by atoms with E-state index in [1.165, 1.54) is 0 Å². The lowest BCUT2D eigenvalue weighted by molar-refractivity contribution is 0.0461. The third kappa shape index (κ3) is 2.44. The van der Waals surface area contributed by atoms with E-state index in [2.05, 4.69) is 15.9 Å². The quantitative estimate of drug-likeness (QED) is 0.671. The number of hydrogen-bond donors (Lipinski definition) is 1. The van der Waals surface area contributed by atoms with Gasteiger partial charge in [-0.1, -0.05) is 0 Å². The van der Waals surface area contributed by atoms with Crippen LogP contribution in [0.5, 0.6) is 0 Å². The van der Waals surface area contributed by atoms with Gasteiger partial charge >= 0.3 is 0 Å². The van der Waals surface area contributed by atoms with Crippen LogP contribution in [-0.2, 0) is 4.74 Å². The molecular formula is C12H14BrNO2. The van der Waals surface area contributed by atoms with Gasteiger partial charge in [-0.2, -0.15) is 0 Å². The Morgan fingerprint density at radius 3 is 2.94 bits per heavy atom. The van der Waals surface area contributed by atoms with Crippen molar-refractivity contribution >= 4 is 27.4 Å². The van der Waals surface area contributed by atoms with Crippen molar-refractivity contribution < 1.29 is 9.53 Å². The van der Waals surface area contributed by atoms with Crippen molar-refractivity contribution in [2.24, 2.45) is 5.92 Å². The molecule has 0 spiro atoms. The molecule has 3 nitrogen and oxygen atoms in total. The van der Waals surface area contributed by atoms with E-state index >= 15 is 0 Å². The molecule has 16 heavy (non-hydrogen) atoms. The number of anilines is 1. The lowest BCUT2D eigenvalue weighted by Gasteiger charge is -2.20. The van der Waals surface area contributed by atoms with Gasteiger partial charge in [0.05, 0.1) is 6.61 Å². The first kappa shape index (κ1) is 11.6. The molecule has 0 bridgehead atoms. The Balaban J connectivity index is 2.16. The second-order valence-electron chi connectivity index (χ2n) is 4.01. The monoisotopic (exact) mass is 283 g/mol. The van der Waals surface area contributed by atoms with Crippen molar-refractivity contribution in [3.05, 3.63) is 28.2 Å². The van der Waals surface area contributed by atoms with Gasteiger partial charge in [0.15, 0.2) is 5.78 Å². The molecule has 0 amide bonds. The van der Waals surface area contributed by atoms with Crippen molar-refractivity contribution in [3.8, 4) is 0 Å². The molecule has 1 atom stereocenters. The number of Topliss-reactive ketones (excluding diaryl/α,β-unsaturated/α-hetero) is 1. The van der Waals surface area contributed by atoms with Crippen LogP contribution in [0.3, 0.4) is 0 Å². The maximum atomic E-state index is 12.1. The van der Waals surface area contributed by atoms with Crippen molar-refractivity contribution in [3.63, 3.8) is 0 Å². The van der Waals surface area contributed by atoms with Crippen LogP contribution in [0.25, 0.3) is 0 Å². The minimum atomic E-state index is 0.00396. The van der Waals surface area contributed by atoms with E-state index in [0.717, 1.165) is 23.9 Å². The molecule has 1 unspecified atom stereocenters. The smallest absolute Gasteiger partial charge is 0.168 e. The molecule has 4 heteroatoms. The highest BCUT2D eigenvalue weighted by molar-refractivity contribution is 9.10. The van der Waals surface area contributed by atoms with Crippen molar-refractivity contribution in [1.29, 1.82) is 0 Å². The molecule has 2 N–H and O–H groups in total. The molecular weight excluding hydrogens is 270 g/mol. The fourth-order valence-corrected chi connectivity index (χ4v) is 2.24. The van der Waals surface area contributed by atoms with Gasteiger partial charge in [-0.15, -0.1) is 0 Å². The van der Waals surface area contributed by atoms with Crippen LogP contribution in [0, 0.1) is 5.92 Å². The normalized spacial score (nSPS) is 20.7. The zero-order valence-corrected chi connectivity index (χ0v) is 10.5. The number of hydrogen-bond acceptors (Lipinski definition) is 3. The minimum Gasteiger partial charge on any atom is -0.398 e. The fraction of sp³-hybridized carbons (Fsp3) is 0.417. The van der Waals surface area contributed by atoms with Crippen LogP contribution in [0.2, 0.25) is 0 Å². The Hall–Kier alpha value is -0.870. The van der Waals surface area contributed by atoms with Crippen molar-refractivity contribution in [2.75, 3.05) is 18.9 Å². The van der Waals surface area contributed by atoms with E-state index in [-0.39, 0.29) is 11.7 Å². The van der Waals surface area contributed by atoms with Crippen molar-refractivity contribution in [1.82, 2.24) is 0 Å². The van der Waals surface area contributed by atoms with E-state index in [0.29, 0.717) is 17.9 Å². The summed E-state index contributed by atoms with van der Waals surface area (Å²) in [6, 6.07) is 5.31. The summed E-state index contributed by atoms with van der Waals surface area (Å²) in [4.78, 5) is 12.1. The van der Waals surface area contributed by atoms with Crippen LogP contribution in [-0.4, -0.2) is 19.0 Å². The minimum absolute atomic E-state index is 0.00396. The number of ether oxygens (including phenoxy) is 1. The first-order valence-electron chi connectivity index (χ1n) is 5.35. The van der Waals surface area contributed by atoms with E-state index < -0.39 is 0 Å². The number of carbonyl (C=O) groups excluding carboxylic acids is 1. The summed E-state index contributed by atoms with van der Waals surface area (Å²) < 4.78 is 6.09. The first-order chi connectivity index (χ1) is 7.68. The predicted molar refractivity (Wildman–Crippen MR) is 66.4 cm³/mol. The molecule has 1 saturated heterocycles. The van der Waals surface area contributed by atoms with E-state index in [1.807, 2.05) is 0 Å². The van der Waals surface area contributed by atoms with Gasteiger partial charge in [0.25, 0.3) is 0 Å². The van der Waals surface area contributed by atoms with Gasteiger partial charge in [-0.05, 0) is 47.0 Å². The van der Waals surface area contributed by atoms with Crippen LogP contribution >= 0.6 is 15.9 Å². The van der Waals surface area contributed by atoms with Crippen LogP contribution < -0.4 is 5.73 Å². The number of rotatable bonds is 2. The van der Waals surface area contributed by atoms with Gasteiger partial charge in [0.1, 0.15) is 0 Å². The van der Waals surface area contributed by atoms with Gasteiger partial charge in [0.2, 0.25) is 0 Å². The summed E-state index contributed by atoms with van der Waals surface area (Å²) in [5, 5.41) is 0. The molecule has 0 aliphatic carbocycles. The molecule has 1 fully saturated rings. The molecule has 2 rings (SSSR count). The average molecular weight is 284 g/mol. The largest absolute Gasteiger partial charge is 0.398 e. The second kappa shape index (κ2) is 4.97. The Morgan fingerprint density at radius 1 is 1.50 bits per heavy atom. The lowest BCUT2D eigenvalue weighted by atomic mass is 9.93. The zero-order valence-electron chi connectivity index (χ0n) is 8.91. The third-order valence-corrected chi connectivity index (χ3v) is 3.50. The summed E-state index contributed by atoms with van der Waals surface area (Å²) in [7, 11) is 0. The summed E-state index contributed by atoms with van der Waals surface area (Å²) in [6.07, 6.45) is 1.88. The van der Waals surface area contributed by atoms with Crippen LogP contribution in [0.4, 0.5) is 5.69 Å². The van der Waals surface area contributed by atoms with E-state index in [4.69, 9.17) is 10.5 Å². The molecule has 1 heterocycles. The fourth-order valence-electron chi connectivity index (χ4n) is 1.86. The number of halogens is 1. The van der Waals surface area contributed by atoms with E-state index in [9.17, 15) is 4.79 Å². The predicted octanol–water partition coefficient (Wildman–Crippen LogP) is 2.64. The second-order valence-corrected chi connectivity index (χ2v) is 4.87. The highest BCUT2D eigenvalue weighted by Crippen LogP contribution is 2.24. The van der Waals surface area contributed by atoms with Gasteiger partial charge in [-0.3, -0.25) is 4.79 Å². The molecule has 0 radical (unpaired) electrons. The number of nitrogen functional groups attached to an aromatic ring is 1. The highest BCUT2D eigenvalue weighted by atomic mass is 79.9. The standard InChI is InChI=1S/C12H14BrNO2/c13-10-6-8(3-4-11(10)14)12(15)9-2-1-5-16-7-9/h3-4,6,9H,1-2,5,7,14H2. The third-order valence-electron chi connectivity index (χ3n) is 2.82. The lowest BCUT2D eigenvalue weighted by Crippen LogP contribution is -2.25. The number of carbonyl (C=O) groups is 1. The first-order valence-corrected chi connectivity index (χ1v) is 6.15. The number of nitrogens with two attached hydrogens (primary N) is 1. The molecule has 1 aliphatic heterocycles. The summed E-state index contributed by atoms with van der Waals surface area (Å²) in [5.74, 6) is 0.157. The Kier molecular flexibility index (Phi) is 3.61. The van der Waals surface area contributed by atoms with Crippen LogP contribution in [0.15, 0.2) is 22.7 Å². The Morgan fingerprint density at radius 2 is 2.31 bits per heavy atom. The van der Waals surface area contributed by atoms with Gasteiger partial charge in [-0.25, -0.2) is 0 Å². The molecule has 1 aliphatic rings. The zero-order chi connectivity index (χ0) is 11.5. The highest BCUT2D eigenvalue weighted by Gasteiger charge is 2.23. The molecule has 0 aromatic heterocycles. The van der Waals surface area contributed by atoms with E-state index in [1.54, 1.807) is 18.2 Å².